The molecule has 0 fully saturated rings. The number of ether oxygens (including phenoxy) is 1. The third kappa shape index (κ3) is 3.44. The quantitative estimate of drug-likeness (QED) is 0.756. The first-order valence-corrected chi connectivity index (χ1v) is 6.70. The first-order chi connectivity index (χ1) is 9.60. The van der Waals surface area contributed by atoms with E-state index in [1.807, 2.05) is 6.92 Å². The van der Waals surface area contributed by atoms with Crippen molar-refractivity contribution >= 4 is 5.78 Å². The van der Waals surface area contributed by atoms with E-state index in [9.17, 15) is 4.79 Å². The van der Waals surface area contributed by atoms with Crippen molar-refractivity contribution in [3.63, 3.8) is 0 Å². The van der Waals surface area contributed by atoms with Gasteiger partial charge in [0.2, 0.25) is 0 Å². The van der Waals surface area contributed by atoms with Crippen LogP contribution in [-0.2, 0) is 6.42 Å². The average molecular weight is 274 g/mol. The Bertz CT molecular complexity index is 575. The minimum absolute atomic E-state index is 0.0331. The van der Waals surface area contributed by atoms with E-state index in [2.05, 4.69) is 17.1 Å². The van der Waals surface area contributed by atoms with Crippen molar-refractivity contribution in [2.45, 2.75) is 39.7 Å². The molecule has 0 amide bonds. The van der Waals surface area contributed by atoms with Gasteiger partial charge >= 0.3 is 0 Å². The number of carbonyl (C=O) groups is 1. The van der Waals surface area contributed by atoms with Gasteiger partial charge in [0.05, 0.1) is 0 Å². The molecule has 0 radical (unpaired) electrons. The molecule has 0 aliphatic heterocycles. The number of benzene rings is 1. The number of aromatic nitrogens is 2. The average Bonchev–Trinajstić information content (AvgIpc) is 2.88. The Balaban J connectivity index is 2.02. The predicted molar refractivity (Wildman–Crippen MR) is 73.8 cm³/mol. The Morgan fingerprint density at radius 3 is 2.65 bits per heavy atom. The van der Waals surface area contributed by atoms with Gasteiger partial charge in [-0.25, -0.2) is 0 Å². The monoisotopic (exact) mass is 274 g/mol. The van der Waals surface area contributed by atoms with Crippen molar-refractivity contribution in [1.82, 2.24) is 10.1 Å². The van der Waals surface area contributed by atoms with Crippen molar-refractivity contribution in [3.8, 4) is 5.75 Å². The van der Waals surface area contributed by atoms with Crippen molar-refractivity contribution in [2.75, 3.05) is 0 Å². The Morgan fingerprint density at radius 1 is 1.35 bits per heavy atom. The van der Waals surface area contributed by atoms with Crippen molar-refractivity contribution in [1.29, 1.82) is 0 Å². The van der Waals surface area contributed by atoms with Crippen LogP contribution in [0.15, 0.2) is 28.8 Å². The van der Waals surface area contributed by atoms with E-state index < -0.39 is 0 Å². The number of nitrogens with zero attached hydrogens (tertiary/aromatic N) is 2. The summed E-state index contributed by atoms with van der Waals surface area (Å²) < 4.78 is 10.9. The van der Waals surface area contributed by atoms with E-state index in [0.717, 1.165) is 12.8 Å². The van der Waals surface area contributed by atoms with Crippen molar-refractivity contribution < 1.29 is 14.1 Å². The molecular formula is C15H18N2O3. The van der Waals surface area contributed by atoms with Crippen LogP contribution in [0.4, 0.5) is 0 Å². The van der Waals surface area contributed by atoms with Crippen LogP contribution in [0.1, 0.15) is 55.4 Å². The van der Waals surface area contributed by atoms with E-state index in [1.165, 1.54) is 6.92 Å². The molecule has 0 saturated heterocycles. The lowest BCUT2D eigenvalue weighted by Crippen LogP contribution is -2.04. The maximum absolute atomic E-state index is 11.2. The fraction of sp³-hybridized carbons (Fsp3) is 0.400. The van der Waals surface area contributed by atoms with Crippen LogP contribution < -0.4 is 4.74 Å². The lowest BCUT2D eigenvalue weighted by molar-refractivity contribution is 0.101. The number of rotatable bonds is 6. The van der Waals surface area contributed by atoms with Crippen LogP contribution in [0, 0.1) is 0 Å². The van der Waals surface area contributed by atoms with Crippen LogP contribution in [0.25, 0.3) is 0 Å². The number of aryl methyl sites for hydroxylation is 1. The van der Waals surface area contributed by atoms with Crippen LogP contribution in [-0.4, -0.2) is 15.9 Å². The highest BCUT2D eigenvalue weighted by Gasteiger charge is 2.15. The summed E-state index contributed by atoms with van der Waals surface area (Å²) in [5.74, 6) is 1.86. The molecule has 0 bridgehead atoms. The third-order valence-corrected chi connectivity index (χ3v) is 2.88. The number of ketones is 1. The summed E-state index contributed by atoms with van der Waals surface area (Å²) in [6.45, 7) is 5.45. The first-order valence-electron chi connectivity index (χ1n) is 6.70. The zero-order valence-corrected chi connectivity index (χ0v) is 11.9. The standard InChI is InChI=1S/C15H18N2O3/c1-4-5-14-16-15(20-17-14)11(3)19-13-8-6-12(7-9-13)10(2)18/h6-9,11H,4-5H2,1-3H3/t11-/m1/s1. The molecule has 0 aliphatic carbocycles. The largest absolute Gasteiger partial charge is 0.481 e. The Hall–Kier alpha value is -2.17. The SMILES string of the molecule is CCCc1noc([C@@H](C)Oc2ccc(C(C)=O)cc2)n1. The molecule has 1 aromatic carbocycles. The molecule has 0 aliphatic rings. The number of hydrogen-bond donors (Lipinski definition) is 0. The highest BCUT2D eigenvalue weighted by atomic mass is 16.5. The summed E-state index contributed by atoms with van der Waals surface area (Å²) in [7, 11) is 0. The summed E-state index contributed by atoms with van der Waals surface area (Å²) in [4.78, 5) is 15.5. The number of hydrogen-bond acceptors (Lipinski definition) is 5. The van der Waals surface area contributed by atoms with Gasteiger partial charge in [0, 0.05) is 12.0 Å². The van der Waals surface area contributed by atoms with E-state index >= 15 is 0 Å². The summed E-state index contributed by atoms with van der Waals surface area (Å²) >= 11 is 0. The van der Waals surface area contributed by atoms with Gasteiger partial charge in [-0.3, -0.25) is 4.79 Å². The maximum atomic E-state index is 11.2. The molecule has 106 valence electrons. The van der Waals surface area contributed by atoms with Crippen molar-refractivity contribution in [3.05, 3.63) is 41.5 Å². The summed E-state index contributed by atoms with van der Waals surface area (Å²) in [6, 6.07) is 6.99. The number of carbonyl (C=O) groups excluding carboxylic acids is 1. The smallest absolute Gasteiger partial charge is 0.267 e. The molecule has 1 atom stereocenters. The van der Waals surface area contributed by atoms with Gasteiger partial charge in [0.15, 0.2) is 17.7 Å². The van der Waals surface area contributed by atoms with Gasteiger partial charge < -0.3 is 9.26 Å². The fourth-order valence-electron chi connectivity index (χ4n) is 1.78. The van der Waals surface area contributed by atoms with E-state index in [-0.39, 0.29) is 11.9 Å². The Labute approximate surface area is 118 Å². The highest BCUT2D eigenvalue weighted by Crippen LogP contribution is 2.21. The Kier molecular flexibility index (Phi) is 4.50. The molecule has 2 rings (SSSR count). The van der Waals surface area contributed by atoms with Gasteiger partial charge in [-0.1, -0.05) is 12.1 Å². The zero-order chi connectivity index (χ0) is 14.5. The van der Waals surface area contributed by atoms with Gasteiger partial charge in [0.25, 0.3) is 5.89 Å². The van der Waals surface area contributed by atoms with E-state index in [1.54, 1.807) is 24.3 Å². The fourth-order valence-corrected chi connectivity index (χ4v) is 1.78. The van der Waals surface area contributed by atoms with E-state index in [0.29, 0.717) is 23.0 Å². The lowest BCUT2D eigenvalue weighted by Gasteiger charge is -2.10. The van der Waals surface area contributed by atoms with Crippen LogP contribution in [0.2, 0.25) is 0 Å². The molecular weight excluding hydrogens is 256 g/mol. The normalized spacial score (nSPS) is 12.2. The molecule has 1 aromatic heterocycles. The van der Waals surface area contributed by atoms with Crippen LogP contribution >= 0.6 is 0 Å². The molecule has 20 heavy (non-hydrogen) atoms. The first kappa shape index (κ1) is 14.2. The topological polar surface area (TPSA) is 65.2 Å². The minimum atomic E-state index is -0.323. The van der Waals surface area contributed by atoms with Crippen LogP contribution in [0.3, 0.4) is 0 Å². The molecule has 0 spiro atoms. The summed E-state index contributed by atoms with van der Waals surface area (Å²) in [5.41, 5.74) is 0.660. The molecule has 5 heteroatoms. The van der Waals surface area contributed by atoms with Gasteiger partial charge in [-0.15, -0.1) is 0 Å². The molecule has 0 unspecified atom stereocenters. The second-order valence-corrected chi connectivity index (χ2v) is 4.64. The van der Waals surface area contributed by atoms with Gasteiger partial charge in [0.1, 0.15) is 5.75 Å². The predicted octanol–water partition coefficient (Wildman–Crippen LogP) is 3.36. The summed E-state index contributed by atoms with van der Waals surface area (Å²) in [5, 5.41) is 3.90. The lowest BCUT2D eigenvalue weighted by atomic mass is 10.1. The second kappa shape index (κ2) is 6.32. The van der Waals surface area contributed by atoms with Crippen molar-refractivity contribution in [2.24, 2.45) is 0 Å². The summed E-state index contributed by atoms with van der Waals surface area (Å²) in [6.07, 6.45) is 1.45. The minimum Gasteiger partial charge on any atom is -0.481 e. The van der Waals surface area contributed by atoms with Crippen LogP contribution in [0.5, 0.6) is 5.75 Å². The molecule has 5 nitrogen and oxygen atoms in total. The Morgan fingerprint density at radius 2 is 2.05 bits per heavy atom. The third-order valence-electron chi connectivity index (χ3n) is 2.88. The van der Waals surface area contributed by atoms with Gasteiger partial charge in [-0.05, 0) is 44.5 Å². The van der Waals surface area contributed by atoms with E-state index in [4.69, 9.17) is 9.26 Å². The second-order valence-electron chi connectivity index (χ2n) is 4.64. The molecule has 2 aromatic rings. The number of Topliss-reactive ketones (excluding diaryl/α,β-unsaturated/α-hetero) is 1. The maximum Gasteiger partial charge on any atom is 0.267 e. The zero-order valence-electron chi connectivity index (χ0n) is 11.9. The highest BCUT2D eigenvalue weighted by molar-refractivity contribution is 5.94. The van der Waals surface area contributed by atoms with Gasteiger partial charge in [-0.2, -0.15) is 4.98 Å². The molecule has 0 saturated carbocycles. The molecule has 0 N–H and O–H groups in total. The molecule has 1 heterocycles.